The highest BCUT2D eigenvalue weighted by atomic mass is 32.2. The molecule has 3 heterocycles. The minimum atomic E-state index is -0.596. The lowest BCUT2D eigenvalue weighted by molar-refractivity contribution is -0.119. The van der Waals surface area contributed by atoms with Crippen LogP contribution in [0.3, 0.4) is 0 Å². The number of hydrogen-bond acceptors (Lipinski definition) is 8. The average Bonchev–Trinajstić information content (AvgIpc) is 3.44. The molecule has 1 fully saturated rings. The van der Waals surface area contributed by atoms with Crippen molar-refractivity contribution in [3.8, 4) is 16.9 Å². The van der Waals surface area contributed by atoms with Crippen molar-refractivity contribution in [2.75, 3.05) is 16.9 Å². The molecule has 1 aliphatic rings. The van der Waals surface area contributed by atoms with E-state index in [4.69, 9.17) is 5.26 Å². The highest BCUT2D eigenvalue weighted by Gasteiger charge is 2.36. The van der Waals surface area contributed by atoms with E-state index in [0.29, 0.717) is 33.7 Å². The molecule has 29 heavy (non-hydrogen) atoms. The Morgan fingerprint density at radius 1 is 1.21 bits per heavy atom. The first-order valence-corrected chi connectivity index (χ1v) is 10.6. The number of benzene rings is 1. The maximum atomic E-state index is 12.9. The van der Waals surface area contributed by atoms with Crippen LogP contribution in [0, 0.1) is 11.3 Å². The van der Waals surface area contributed by atoms with E-state index in [1.54, 1.807) is 48.1 Å². The van der Waals surface area contributed by atoms with Crippen molar-refractivity contribution in [2.45, 2.75) is 6.04 Å². The van der Waals surface area contributed by atoms with Crippen molar-refractivity contribution >= 4 is 40.6 Å². The molecule has 1 aliphatic heterocycles. The van der Waals surface area contributed by atoms with Crippen LogP contribution in [0.2, 0.25) is 0 Å². The van der Waals surface area contributed by atoms with Crippen molar-refractivity contribution in [3.63, 3.8) is 0 Å². The Morgan fingerprint density at radius 3 is 2.69 bits per heavy atom. The molecule has 10 heteroatoms. The van der Waals surface area contributed by atoms with E-state index in [1.807, 2.05) is 6.07 Å². The molecule has 0 bridgehead atoms. The number of carbonyl (C=O) groups is 2. The largest absolute Gasteiger partial charge is 0.324 e. The summed E-state index contributed by atoms with van der Waals surface area (Å²) in [5, 5.41) is 13.9. The normalized spacial score (nSPS) is 15.7. The maximum Gasteiger partial charge on any atom is 0.274 e. The van der Waals surface area contributed by atoms with Crippen molar-refractivity contribution in [3.05, 3.63) is 59.4 Å². The van der Waals surface area contributed by atoms with Crippen LogP contribution < -0.4 is 5.32 Å². The summed E-state index contributed by atoms with van der Waals surface area (Å²) in [5.74, 6) is 0.816. The van der Waals surface area contributed by atoms with Gasteiger partial charge >= 0.3 is 0 Å². The molecular formula is C19H14N6O2S2. The van der Waals surface area contributed by atoms with Gasteiger partial charge in [-0.2, -0.15) is 5.26 Å². The number of nitrogens with zero attached hydrogens (tertiary/aromatic N) is 5. The number of anilines is 1. The van der Waals surface area contributed by atoms with Crippen molar-refractivity contribution in [1.29, 1.82) is 5.26 Å². The van der Waals surface area contributed by atoms with Crippen LogP contribution in [0.1, 0.15) is 16.1 Å². The highest BCUT2D eigenvalue weighted by Crippen LogP contribution is 2.26. The lowest BCUT2D eigenvalue weighted by Gasteiger charge is -2.22. The summed E-state index contributed by atoms with van der Waals surface area (Å²) in [5.41, 5.74) is 1.37. The standard InChI is InChI=1S/C19H14N6O2S2/c20-8-12-2-4-13(5-3-12)23-17(26)15-10-28-11-25(15)19(27)14-9-29-18(24-14)16-21-6-1-7-22-16/h1-7,9,15H,10-11H2,(H,23,26). The van der Waals surface area contributed by atoms with E-state index >= 15 is 0 Å². The smallest absolute Gasteiger partial charge is 0.274 e. The zero-order valence-electron chi connectivity index (χ0n) is 15.0. The van der Waals surface area contributed by atoms with E-state index < -0.39 is 6.04 Å². The molecule has 144 valence electrons. The molecule has 3 aromatic rings. The van der Waals surface area contributed by atoms with Crippen LogP contribution in [0.15, 0.2) is 48.1 Å². The lowest BCUT2D eigenvalue weighted by atomic mass is 10.2. The molecule has 4 rings (SSSR count). The molecule has 2 amide bonds. The predicted molar refractivity (Wildman–Crippen MR) is 110 cm³/mol. The molecule has 2 aromatic heterocycles. The molecule has 1 saturated heterocycles. The minimum Gasteiger partial charge on any atom is -0.324 e. The number of amides is 2. The van der Waals surface area contributed by atoms with Gasteiger partial charge in [-0.15, -0.1) is 23.1 Å². The Labute approximate surface area is 174 Å². The van der Waals surface area contributed by atoms with E-state index in [2.05, 4.69) is 20.3 Å². The molecule has 0 saturated carbocycles. The van der Waals surface area contributed by atoms with Crippen LogP contribution in [-0.2, 0) is 4.79 Å². The fourth-order valence-electron chi connectivity index (χ4n) is 2.75. The van der Waals surface area contributed by atoms with E-state index in [-0.39, 0.29) is 17.5 Å². The van der Waals surface area contributed by atoms with Gasteiger partial charge in [0, 0.05) is 29.2 Å². The minimum absolute atomic E-state index is 0.269. The summed E-state index contributed by atoms with van der Waals surface area (Å²) in [7, 11) is 0. The number of thioether (sulfide) groups is 1. The van der Waals surface area contributed by atoms with E-state index in [0.717, 1.165) is 0 Å². The second kappa shape index (κ2) is 8.38. The third-order valence-electron chi connectivity index (χ3n) is 4.21. The van der Waals surface area contributed by atoms with Gasteiger partial charge in [-0.25, -0.2) is 15.0 Å². The van der Waals surface area contributed by atoms with Crippen LogP contribution in [-0.4, -0.2) is 49.3 Å². The van der Waals surface area contributed by atoms with Gasteiger partial charge in [0.25, 0.3) is 5.91 Å². The van der Waals surface area contributed by atoms with E-state index in [1.165, 1.54) is 28.0 Å². The second-order valence-corrected chi connectivity index (χ2v) is 7.94. The number of aromatic nitrogens is 3. The first-order chi connectivity index (χ1) is 14.2. The Kier molecular flexibility index (Phi) is 5.50. The lowest BCUT2D eigenvalue weighted by Crippen LogP contribution is -2.44. The number of rotatable bonds is 4. The van der Waals surface area contributed by atoms with Gasteiger partial charge in [0.1, 0.15) is 11.7 Å². The van der Waals surface area contributed by atoms with Gasteiger partial charge in [0.05, 0.1) is 17.5 Å². The molecule has 0 aliphatic carbocycles. The Morgan fingerprint density at radius 2 is 1.97 bits per heavy atom. The third-order valence-corrected chi connectivity index (χ3v) is 6.06. The average molecular weight is 422 g/mol. The van der Waals surface area contributed by atoms with Crippen LogP contribution in [0.5, 0.6) is 0 Å². The quantitative estimate of drug-likeness (QED) is 0.688. The van der Waals surface area contributed by atoms with Gasteiger partial charge < -0.3 is 10.2 Å². The van der Waals surface area contributed by atoms with E-state index in [9.17, 15) is 9.59 Å². The van der Waals surface area contributed by atoms with Crippen molar-refractivity contribution in [1.82, 2.24) is 19.9 Å². The fourth-order valence-corrected chi connectivity index (χ4v) is 4.64. The van der Waals surface area contributed by atoms with Crippen LogP contribution >= 0.6 is 23.1 Å². The third kappa shape index (κ3) is 4.11. The first-order valence-electron chi connectivity index (χ1n) is 8.58. The zero-order valence-corrected chi connectivity index (χ0v) is 16.6. The SMILES string of the molecule is N#Cc1ccc(NC(=O)C2CSCN2C(=O)c2csc(-c3ncccn3)n2)cc1. The Bertz CT molecular complexity index is 1080. The molecular weight excluding hydrogens is 408 g/mol. The van der Waals surface area contributed by atoms with Gasteiger partial charge in [-0.3, -0.25) is 9.59 Å². The molecule has 0 spiro atoms. The second-order valence-electron chi connectivity index (χ2n) is 6.08. The Balaban J connectivity index is 1.47. The Hall–Kier alpha value is -3.29. The van der Waals surface area contributed by atoms with Gasteiger partial charge in [-0.05, 0) is 30.3 Å². The van der Waals surface area contributed by atoms with Gasteiger partial charge in [0.15, 0.2) is 10.8 Å². The predicted octanol–water partition coefficient (Wildman–Crippen LogP) is 2.63. The number of nitriles is 1. The van der Waals surface area contributed by atoms with Crippen LogP contribution in [0.25, 0.3) is 10.8 Å². The summed E-state index contributed by atoms with van der Waals surface area (Å²) in [6.45, 7) is 0. The maximum absolute atomic E-state index is 12.9. The molecule has 1 N–H and O–H groups in total. The zero-order chi connectivity index (χ0) is 20.2. The summed E-state index contributed by atoms with van der Waals surface area (Å²) in [4.78, 5) is 39.8. The van der Waals surface area contributed by atoms with Crippen LogP contribution in [0.4, 0.5) is 5.69 Å². The first kappa shape index (κ1) is 19.0. The number of thiazole rings is 1. The molecule has 0 radical (unpaired) electrons. The van der Waals surface area contributed by atoms with Crippen molar-refractivity contribution in [2.24, 2.45) is 0 Å². The molecule has 1 atom stereocenters. The number of carbonyl (C=O) groups excluding carboxylic acids is 2. The van der Waals surface area contributed by atoms with Gasteiger partial charge in [0.2, 0.25) is 5.91 Å². The summed E-state index contributed by atoms with van der Waals surface area (Å²) < 4.78 is 0. The molecule has 1 unspecified atom stereocenters. The van der Waals surface area contributed by atoms with Crippen molar-refractivity contribution < 1.29 is 9.59 Å². The topological polar surface area (TPSA) is 112 Å². The van der Waals surface area contributed by atoms with Gasteiger partial charge in [-0.1, -0.05) is 0 Å². The number of hydrogen-bond donors (Lipinski definition) is 1. The summed E-state index contributed by atoms with van der Waals surface area (Å²) in [6.07, 6.45) is 3.23. The number of nitrogens with one attached hydrogen (secondary N) is 1. The monoisotopic (exact) mass is 422 g/mol. The summed E-state index contributed by atoms with van der Waals surface area (Å²) in [6, 6.07) is 9.73. The molecule has 8 nitrogen and oxygen atoms in total. The fraction of sp³-hybridized carbons (Fsp3) is 0.158. The molecule has 1 aromatic carbocycles. The summed E-state index contributed by atoms with van der Waals surface area (Å²) >= 11 is 2.80. The highest BCUT2D eigenvalue weighted by molar-refractivity contribution is 7.99.